The van der Waals surface area contributed by atoms with E-state index >= 15 is 0 Å². The van der Waals surface area contributed by atoms with Gasteiger partial charge in [-0.2, -0.15) is 0 Å². The highest BCUT2D eigenvalue weighted by Gasteiger charge is 2.50. The van der Waals surface area contributed by atoms with E-state index in [0.717, 1.165) is 28.3 Å². The first-order valence-electron chi connectivity index (χ1n) is 22.1. The first-order valence-corrected chi connectivity index (χ1v) is 22.1. The van der Waals surface area contributed by atoms with E-state index in [0.29, 0.717) is 0 Å². The topological polar surface area (TPSA) is 19.1 Å². The lowest BCUT2D eigenvalue weighted by Crippen LogP contribution is -2.32. The molecule has 14 rings (SSSR count). The summed E-state index contributed by atoms with van der Waals surface area (Å²) in [5.41, 5.74) is 18.8. The van der Waals surface area contributed by atoms with E-state index in [2.05, 4.69) is 240 Å². The van der Waals surface area contributed by atoms with Crippen LogP contribution in [0.25, 0.3) is 88.4 Å². The summed E-state index contributed by atoms with van der Waals surface area (Å²) in [5, 5.41) is 4.98. The standard InChI is InChI=1S/C61H38N2O/c1-2-14-43(15-3-1)62-55-23-11-6-18-47(55)49-36-40(29-34-57(49)62)41-30-35-58-50(37-41)48-19-7-12-24-56(48)63(58)44-31-26-39(27-32-44)42-28-33-54-60(38-42)64-59-25-13-10-22-53(59)61(54)51-20-8-4-16-45(51)46-17-5-9-21-52(46)61/h1-38H. The van der Waals surface area contributed by atoms with Crippen LogP contribution in [0.5, 0.6) is 11.5 Å². The minimum absolute atomic E-state index is 0.467. The average molecular weight is 815 g/mol. The van der Waals surface area contributed by atoms with Crippen LogP contribution in [0, 0.1) is 0 Å². The summed E-state index contributed by atoms with van der Waals surface area (Å²) in [4.78, 5) is 0. The first-order chi connectivity index (χ1) is 31.7. The number of hydrogen-bond donors (Lipinski definition) is 0. The van der Waals surface area contributed by atoms with E-state index in [-0.39, 0.29) is 0 Å². The zero-order valence-electron chi connectivity index (χ0n) is 34.7. The van der Waals surface area contributed by atoms with Crippen molar-refractivity contribution in [2.45, 2.75) is 5.41 Å². The molecular formula is C61H38N2O. The molecule has 12 aromatic rings. The quantitative estimate of drug-likeness (QED) is 0.173. The molecule has 0 bridgehead atoms. The van der Waals surface area contributed by atoms with Gasteiger partial charge in [-0.3, -0.25) is 0 Å². The molecule has 0 saturated heterocycles. The predicted octanol–water partition coefficient (Wildman–Crippen LogP) is 15.7. The van der Waals surface area contributed by atoms with Gasteiger partial charge in [0.2, 0.25) is 0 Å². The maximum absolute atomic E-state index is 6.83. The van der Waals surface area contributed by atoms with Crippen LogP contribution in [0.1, 0.15) is 22.3 Å². The summed E-state index contributed by atoms with van der Waals surface area (Å²) < 4.78 is 11.6. The van der Waals surface area contributed by atoms with Gasteiger partial charge in [0.25, 0.3) is 0 Å². The number of aromatic nitrogens is 2. The van der Waals surface area contributed by atoms with Gasteiger partial charge in [-0.05, 0) is 117 Å². The highest BCUT2D eigenvalue weighted by molar-refractivity contribution is 6.12. The number of hydrogen-bond acceptors (Lipinski definition) is 1. The van der Waals surface area contributed by atoms with Crippen LogP contribution >= 0.6 is 0 Å². The Balaban J connectivity index is 0.857. The molecule has 0 saturated carbocycles. The molecule has 10 aromatic carbocycles. The minimum Gasteiger partial charge on any atom is -0.457 e. The van der Waals surface area contributed by atoms with Crippen molar-refractivity contribution in [3.63, 3.8) is 0 Å². The fourth-order valence-electron chi connectivity index (χ4n) is 11.3. The minimum atomic E-state index is -0.467. The zero-order valence-corrected chi connectivity index (χ0v) is 34.7. The Labute approximate surface area is 370 Å². The first kappa shape index (κ1) is 35.2. The van der Waals surface area contributed by atoms with Gasteiger partial charge in [0.15, 0.2) is 0 Å². The second-order valence-corrected chi connectivity index (χ2v) is 17.2. The summed E-state index contributed by atoms with van der Waals surface area (Å²) in [6.07, 6.45) is 0. The Bertz CT molecular complexity index is 3820. The molecule has 0 fully saturated rings. The van der Waals surface area contributed by atoms with Crippen LogP contribution in [-0.2, 0) is 5.41 Å². The Morgan fingerprint density at radius 3 is 1.34 bits per heavy atom. The van der Waals surface area contributed by atoms with Crippen LogP contribution in [-0.4, -0.2) is 9.13 Å². The van der Waals surface area contributed by atoms with Crippen molar-refractivity contribution in [3.05, 3.63) is 253 Å². The summed E-state index contributed by atoms with van der Waals surface area (Å²) in [6, 6.07) is 84.2. The zero-order chi connectivity index (χ0) is 41.9. The molecule has 0 radical (unpaired) electrons. The molecule has 0 N–H and O–H groups in total. The lowest BCUT2D eigenvalue weighted by Gasteiger charge is -2.39. The van der Waals surface area contributed by atoms with Crippen LogP contribution in [0.3, 0.4) is 0 Å². The van der Waals surface area contributed by atoms with Gasteiger partial charge >= 0.3 is 0 Å². The molecule has 0 unspecified atom stereocenters. The van der Waals surface area contributed by atoms with Crippen LogP contribution in [0.4, 0.5) is 0 Å². The van der Waals surface area contributed by atoms with E-state index in [1.807, 2.05) is 0 Å². The lowest BCUT2D eigenvalue weighted by molar-refractivity contribution is 0.436. The third-order valence-electron chi connectivity index (χ3n) is 14.0. The van der Waals surface area contributed by atoms with Crippen LogP contribution in [0.15, 0.2) is 231 Å². The number of ether oxygens (including phenoxy) is 1. The molecule has 1 spiro atoms. The Kier molecular flexibility index (Phi) is 7.32. The van der Waals surface area contributed by atoms with Gasteiger partial charge in [0, 0.05) is 44.0 Å². The second-order valence-electron chi connectivity index (χ2n) is 17.2. The molecule has 1 aliphatic carbocycles. The summed E-state index contributed by atoms with van der Waals surface area (Å²) in [6.45, 7) is 0. The van der Waals surface area contributed by atoms with Crippen molar-refractivity contribution in [2.75, 3.05) is 0 Å². The summed E-state index contributed by atoms with van der Waals surface area (Å²) in [7, 11) is 0. The third-order valence-corrected chi connectivity index (χ3v) is 14.0. The highest BCUT2D eigenvalue weighted by Crippen LogP contribution is 2.62. The third kappa shape index (κ3) is 4.81. The van der Waals surface area contributed by atoms with E-state index in [1.54, 1.807) is 0 Å². The highest BCUT2D eigenvalue weighted by atomic mass is 16.5. The number of para-hydroxylation sites is 4. The molecule has 64 heavy (non-hydrogen) atoms. The molecule has 2 aromatic heterocycles. The number of fused-ring (bicyclic) bond motifs is 15. The fraction of sp³-hybridized carbons (Fsp3) is 0.0164. The van der Waals surface area contributed by atoms with Gasteiger partial charge in [-0.1, -0.05) is 158 Å². The van der Waals surface area contributed by atoms with Crippen molar-refractivity contribution in [3.8, 4) is 56.3 Å². The molecule has 1 aliphatic heterocycles. The maximum Gasteiger partial charge on any atom is 0.132 e. The van der Waals surface area contributed by atoms with E-state index in [9.17, 15) is 0 Å². The van der Waals surface area contributed by atoms with Crippen LogP contribution in [0.2, 0.25) is 0 Å². The van der Waals surface area contributed by atoms with Gasteiger partial charge in [0.05, 0.1) is 27.5 Å². The Hall–Kier alpha value is -8.40. The van der Waals surface area contributed by atoms with E-state index in [1.165, 1.54) is 93.8 Å². The molecular weight excluding hydrogens is 777 g/mol. The van der Waals surface area contributed by atoms with Crippen molar-refractivity contribution in [1.82, 2.24) is 9.13 Å². The molecule has 3 heterocycles. The van der Waals surface area contributed by atoms with Crippen LogP contribution < -0.4 is 4.74 Å². The summed E-state index contributed by atoms with van der Waals surface area (Å²) >= 11 is 0. The van der Waals surface area contributed by atoms with Crippen molar-refractivity contribution in [2.24, 2.45) is 0 Å². The number of rotatable bonds is 4. The monoisotopic (exact) mass is 814 g/mol. The van der Waals surface area contributed by atoms with Gasteiger partial charge in [-0.15, -0.1) is 0 Å². The van der Waals surface area contributed by atoms with Gasteiger partial charge < -0.3 is 13.9 Å². The predicted molar refractivity (Wildman–Crippen MR) is 263 cm³/mol. The SMILES string of the molecule is c1ccc(-n2c3ccccc3c3cc(-c4ccc5c(c4)c4ccccc4n5-c4ccc(-c5ccc6c(c5)Oc5ccccc5C65c6ccccc6-c6ccccc65)cc4)ccc32)cc1. The van der Waals surface area contributed by atoms with Crippen molar-refractivity contribution < 1.29 is 4.74 Å². The number of benzene rings is 10. The molecule has 2 aliphatic rings. The van der Waals surface area contributed by atoms with Gasteiger partial charge in [0.1, 0.15) is 11.5 Å². The molecule has 3 nitrogen and oxygen atoms in total. The number of nitrogens with zero attached hydrogens (tertiary/aromatic N) is 2. The largest absolute Gasteiger partial charge is 0.457 e. The molecule has 0 amide bonds. The van der Waals surface area contributed by atoms with E-state index in [4.69, 9.17) is 4.74 Å². The van der Waals surface area contributed by atoms with Crippen molar-refractivity contribution >= 4 is 43.6 Å². The maximum atomic E-state index is 6.83. The lowest BCUT2D eigenvalue weighted by atomic mass is 9.66. The fourth-order valence-corrected chi connectivity index (χ4v) is 11.3. The molecule has 3 heteroatoms. The average Bonchev–Trinajstić information content (AvgIpc) is 3.98. The molecule has 0 atom stereocenters. The molecule has 298 valence electrons. The Morgan fingerprint density at radius 1 is 0.281 bits per heavy atom. The van der Waals surface area contributed by atoms with E-state index < -0.39 is 5.41 Å². The van der Waals surface area contributed by atoms with Gasteiger partial charge in [-0.25, -0.2) is 0 Å². The normalized spacial score (nSPS) is 13.2. The Morgan fingerprint density at radius 2 is 0.719 bits per heavy atom. The van der Waals surface area contributed by atoms with Crippen molar-refractivity contribution in [1.29, 1.82) is 0 Å². The second kappa shape index (κ2) is 13.3. The smallest absolute Gasteiger partial charge is 0.132 e. The summed E-state index contributed by atoms with van der Waals surface area (Å²) in [5.74, 6) is 1.80.